The quantitative estimate of drug-likeness (QED) is 0.0884. The number of aryl methyl sites for hydroxylation is 1. The van der Waals surface area contributed by atoms with E-state index in [4.69, 9.17) is 19.9 Å². The topological polar surface area (TPSA) is 242 Å². The monoisotopic (exact) mass is 828 g/mol. The number of H-pyrrole nitrogens is 1. The predicted octanol–water partition coefficient (Wildman–Crippen LogP) is 1.49. The summed E-state index contributed by atoms with van der Waals surface area (Å²) in [5.74, 6) is -1.22. The summed E-state index contributed by atoms with van der Waals surface area (Å²) in [6.07, 6.45) is 5.27. The van der Waals surface area contributed by atoms with Gasteiger partial charge < -0.3 is 50.6 Å². The fourth-order valence-electron chi connectivity index (χ4n) is 8.07. The summed E-state index contributed by atoms with van der Waals surface area (Å²) in [4.78, 5) is 57.2. The molecule has 328 valence electrons. The van der Waals surface area contributed by atoms with Gasteiger partial charge in [0.1, 0.15) is 54.5 Å². The highest BCUT2D eigenvalue weighted by atomic mass is 16.7. The van der Waals surface area contributed by atoms with E-state index in [-0.39, 0.29) is 18.8 Å². The maximum absolute atomic E-state index is 14.4. The van der Waals surface area contributed by atoms with Gasteiger partial charge in [0.2, 0.25) is 5.91 Å². The Labute approximate surface area is 345 Å². The number of amides is 2. The van der Waals surface area contributed by atoms with Gasteiger partial charge in [-0.3, -0.25) is 28.8 Å². The Morgan fingerprint density at radius 3 is 2.08 bits per heavy atom. The molecule has 3 aliphatic heterocycles. The maximum Gasteiger partial charge on any atom is 0.330 e. The van der Waals surface area contributed by atoms with Gasteiger partial charge in [-0.1, -0.05) is 89.7 Å². The largest absolute Gasteiger partial charge is 0.387 e. The van der Waals surface area contributed by atoms with Crippen molar-refractivity contribution >= 4 is 17.5 Å². The summed E-state index contributed by atoms with van der Waals surface area (Å²) in [5.41, 5.74) is 5.85. The molecule has 2 aromatic rings. The second-order valence-corrected chi connectivity index (χ2v) is 16.0. The minimum absolute atomic E-state index is 0.0254. The Morgan fingerprint density at radius 1 is 0.864 bits per heavy atom. The van der Waals surface area contributed by atoms with Crippen molar-refractivity contribution in [2.45, 2.75) is 152 Å². The Hall–Kier alpha value is -3.78. The molecule has 1 aromatic heterocycles. The molecule has 10 atom stereocenters. The molecule has 0 spiro atoms. The van der Waals surface area contributed by atoms with Gasteiger partial charge in [0.15, 0.2) is 12.5 Å². The number of anilines is 1. The number of nitrogens with zero attached hydrogens (tertiary/aromatic N) is 3. The van der Waals surface area contributed by atoms with Crippen molar-refractivity contribution < 1.29 is 44.2 Å². The second kappa shape index (κ2) is 22.2. The van der Waals surface area contributed by atoms with Crippen molar-refractivity contribution in [1.82, 2.24) is 19.4 Å². The van der Waals surface area contributed by atoms with Crippen molar-refractivity contribution in [3.63, 3.8) is 0 Å². The van der Waals surface area contributed by atoms with Gasteiger partial charge >= 0.3 is 5.69 Å². The Bertz CT molecular complexity index is 1800. The molecule has 59 heavy (non-hydrogen) atoms. The molecule has 17 nitrogen and oxygen atoms in total. The van der Waals surface area contributed by atoms with Crippen molar-refractivity contribution in [2.24, 2.45) is 5.73 Å². The van der Waals surface area contributed by atoms with Gasteiger partial charge in [0.05, 0.1) is 0 Å². The zero-order valence-corrected chi connectivity index (χ0v) is 34.5. The first-order chi connectivity index (χ1) is 28.4. The molecule has 0 unspecified atom stereocenters. The third-order valence-corrected chi connectivity index (χ3v) is 11.6. The molecule has 0 aliphatic carbocycles. The summed E-state index contributed by atoms with van der Waals surface area (Å²) in [5, 5.41) is 46.7. The summed E-state index contributed by atoms with van der Waals surface area (Å²) < 4.78 is 18.8. The lowest BCUT2D eigenvalue weighted by Crippen LogP contribution is -2.59. The van der Waals surface area contributed by atoms with Crippen LogP contribution in [0.1, 0.15) is 95.8 Å². The summed E-state index contributed by atoms with van der Waals surface area (Å²) in [7, 11) is 2.98. The lowest BCUT2D eigenvalue weighted by atomic mass is 9.97. The van der Waals surface area contributed by atoms with E-state index >= 15 is 0 Å². The minimum atomic E-state index is -1.77. The van der Waals surface area contributed by atoms with E-state index in [1.54, 1.807) is 13.1 Å². The smallest absolute Gasteiger partial charge is 0.330 e. The van der Waals surface area contributed by atoms with Crippen molar-refractivity contribution in [3.8, 4) is 0 Å². The first-order valence-electron chi connectivity index (χ1n) is 21.1. The molecule has 0 bridgehead atoms. The van der Waals surface area contributed by atoms with Crippen LogP contribution in [0.15, 0.2) is 57.9 Å². The Morgan fingerprint density at radius 2 is 1.49 bits per heavy atom. The molecule has 0 radical (unpaired) electrons. The molecule has 2 saturated heterocycles. The fourth-order valence-corrected chi connectivity index (χ4v) is 8.07. The van der Waals surface area contributed by atoms with Crippen molar-refractivity contribution in [1.29, 1.82) is 0 Å². The van der Waals surface area contributed by atoms with Crippen LogP contribution in [-0.2, 0) is 30.2 Å². The number of aromatic nitrogens is 2. The molecule has 2 fully saturated rings. The maximum atomic E-state index is 14.4. The number of nitrogens with one attached hydrogen (secondary N) is 2. The highest BCUT2D eigenvalue weighted by Gasteiger charge is 2.55. The molecule has 17 heteroatoms. The highest BCUT2D eigenvalue weighted by molar-refractivity contribution is 6.06. The van der Waals surface area contributed by atoms with E-state index < -0.39 is 84.4 Å². The van der Waals surface area contributed by atoms with Gasteiger partial charge in [-0.2, -0.15) is 0 Å². The first-order valence-corrected chi connectivity index (χ1v) is 21.1. The van der Waals surface area contributed by atoms with Crippen LogP contribution in [0.2, 0.25) is 0 Å². The lowest BCUT2D eigenvalue weighted by Gasteiger charge is -2.38. The molecule has 1 aromatic carbocycles. The van der Waals surface area contributed by atoms with E-state index in [9.17, 15) is 39.6 Å². The van der Waals surface area contributed by atoms with E-state index in [1.807, 2.05) is 24.3 Å². The number of hydrogen-bond acceptors (Lipinski definition) is 13. The number of aliphatic hydroxyl groups excluding tert-OH is 4. The number of carbonyl (C=O) groups is 2. The molecule has 3 aliphatic rings. The number of aromatic amines is 1. The average Bonchev–Trinajstić information content (AvgIpc) is 3.62. The van der Waals surface area contributed by atoms with Gasteiger partial charge in [-0.25, -0.2) is 4.79 Å². The van der Waals surface area contributed by atoms with E-state index in [0.717, 1.165) is 34.6 Å². The minimum Gasteiger partial charge on any atom is -0.387 e. The SMILES string of the molecule is CCCCCCCCCCCCCCc1ccc(NC(=O)C2=CCN(C)[C@@H]([C@H](O[C@@H]3O[C@H](CN)[C@@H](O)[C@H]3O)[C@H]3O[C@@H](n4ccc(=O)[nH]c4=O)[C@H](O)[C@@H]3O)C(=O)N2C)cc1. The summed E-state index contributed by atoms with van der Waals surface area (Å²) >= 11 is 0. The van der Waals surface area contributed by atoms with Gasteiger partial charge in [0.25, 0.3) is 11.5 Å². The third-order valence-electron chi connectivity index (χ3n) is 11.6. The van der Waals surface area contributed by atoms with Crippen LogP contribution < -0.4 is 22.3 Å². The van der Waals surface area contributed by atoms with Gasteiger partial charge in [-0.05, 0) is 43.7 Å². The lowest BCUT2D eigenvalue weighted by molar-refractivity contribution is -0.232. The molecule has 4 heterocycles. The van der Waals surface area contributed by atoms with Crippen LogP contribution in [0.4, 0.5) is 5.69 Å². The third kappa shape index (κ3) is 11.7. The standard InChI is InChI=1S/C42H64N6O11/c1-4-5-6-7-8-9-10-11-12-13-14-15-16-26-17-19-27(20-18-26)44-38(54)28-21-23-46(2)31(39(55)47(28)3)36(59-41-35(53)32(50)29(25-43)57-41)37-33(51)34(52)40(58-37)48-24-22-30(49)45-42(48)56/h17-22,24,29,31-37,40-41,50-53H,4-16,23,25,43H2,1-3H3,(H,44,54)(H,45,49,56)/t29-,31+,32-,33+,34-,35-,36+,37+,40-,41+/m1/s1. The number of benzene rings is 1. The number of likely N-dealkylation sites (N-methyl/N-ethyl adjacent to an activating group) is 2. The fraction of sp³-hybridized carbons (Fsp3) is 0.667. The summed E-state index contributed by atoms with van der Waals surface area (Å²) in [6, 6.07) is 7.32. The van der Waals surface area contributed by atoms with Crippen LogP contribution in [0, 0.1) is 0 Å². The predicted molar refractivity (Wildman–Crippen MR) is 219 cm³/mol. The molecule has 2 amide bonds. The van der Waals surface area contributed by atoms with Crippen molar-refractivity contribution in [3.05, 3.63) is 74.7 Å². The van der Waals surface area contributed by atoms with Crippen LogP contribution in [0.5, 0.6) is 0 Å². The number of unbranched alkanes of at least 4 members (excludes halogenated alkanes) is 11. The summed E-state index contributed by atoms with van der Waals surface area (Å²) in [6.45, 7) is 2.10. The highest BCUT2D eigenvalue weighted by Crippen LogP contribution is 2.36. The number of nitrogens with two attached hydrogens (primary N) is 1. The molecule has 5 rings (SSSR count). The molecular weight excluding hydrogens is 764 g/mol. The van der Waals surface area contributed by atoms with Crippen LogP contribution in [0.3, 0.4) is 0 Å². The number of carbonyl (C=O) groups excluding carboxylic acids is 2. The van der Waals surface area contributed by atoms with Crippen LogP contribution >= 0.6 is 0 Å². The number of rotatable bonds is 21. The zero-order chi connectivity index (χ0) is 42.6. The number of aliphatic hydroxyl groups is 4. The Kier molecular flexibility index (Phi) is 17.4. The molecular formula is C42H64N6O11. The normalized spacial score (nSPS) is 28.1. The Balaban J connectivity index is 1.22. The molecule has 8 N–H and O–H groups in total. The van der Waals surface area contributed by atoms with Gasteiger partial charge in [0, 0.05) is 38.1 Å². The van der Waals surface area contributed by atoms with E-state index in [2.05, 4.69) is 17.2 Å². The average molecular weight is 829 g/mol. The van der Waals surface area contributed by atoms with Crippen LogP contribution in [0.25, 0.3) is 0 Å². The van der Waals surface area contributed by atoms with Crippen LogP contribution in [-0.4, -0.2) is 134 Å². The van der Waals surface area contributed by atoms with Crippen molar-refractivity contribution in [2.75, 3.05) is 32.5 Å². The number of ether oxygens (including phenoxy) is 3. The molecule has 0 saturated carbocycles. The van der Waals surface area contributed by atoms with E-state index in [0.29, 0.717) is 5.69 Å². The number of hydrogen-bond donors (Lipinski definition) is 7. The second-order valence-electron chi connectivity index (χ2n) is 16.0. The first kappa shape index (κ1) is 46.3. The van der Waals surface area contributed by atoms with Gasteiger partial charge in [-0.15, -0.1) is 0 Å². The zero-order valence-electron chi connectivity index (χ0n) is 34.5. The van der Waals surface area contributed by atoms with E-state index in [1.165, 1.54) is 88.1 Å².